The number of benzene rings is 1. The van der Waals surface area contributed by atoms with Crippen LogP contribution in [0.25, 0.3) is 0 Å². The first-order chi connectivity index (χ1) is 10.4. The molecule has 0 spiro atoms. The molecule has 2 heteroatoms. The maximum absolute atomic E-state index is 3.78. The summed E-state index contributed by atoms with van der Waals surface area (Å²) in [6, 6.07) is 10.9. The molecule has 0 aliphatic heterocycles. The molecule has 0 bridgehead atoms. The first kappa shape index (κ1) is 15.1. The van der Waals surface area contributed by atoms with E-state index < -0.39 is 0 Å². The highest BCUT2D eigenvalue weighted by atomic mass is 28.3. The topological polar surface area (TPSA) is 12.0 Å². The van der Waals surface area contributed by atoms with Gasteiger partial charge in [-0.3, -0.25) is 0 Å². The van der Waals surface area contributed by atoms with Gasteiger partial charge in [0.25, 0.3) is 0 Å². The van der Waals surface area contributed by atoms with Crippen LogP contribution in [0.2, 0.25) is 11.1 Å². The smallest absolute Gasteiger partial charge is 0.0782 e. The summed E-state index contributed by atoms with van der Waals surface area (Å²) in [5.74, 6) is 0. The van der Waals surface area contributed by atoms with E-state index in [1.54, 1.807) is 0 Å². The van der Waals surface area contributed by atoms with Crippen LogP contribution >= 0.6 is 0 Å². The minimum atomic E-state index is -0.255. The van der Waals surface area contributed by atoms with Gasteiger partial charge in [0.1, 0.15) is 0 Å². The van der Waals surface area contributed by atoms with E-state index in [0.717, 1.165) is 11.1 Å². The number of para-hydroxylation sites is 1. The standard InChI is InChI=1S/C19H30NSi/c1-4-10-17(11-5-1)20-16-21(18-12-6-2-7-13-18)19-14-8-3-9-15-19/h1,4-5,10-11,18-20H,2-3,6-9,12-16H2. The second-order valence-corrected chi connectivity index (χ2v) is 10.1. The van der Waals surface area contributed by atoms with Crippen LogP contribution < -0.4 is 5.32 Å². The molecule has 1 aromatic rings. The predicted molar refractivity (Wildman–Crippen MR) is 94.4 cm³/mol. The number of hydrogen-bond acceptors (Lipinski definition) is 1. The van der Waals surface area contributed by atoms with E-state index in [4.69, 9.17) is 0 Å². The highest BCUT2D eigenvalue weighted by Crippen LogP contribution is 2.41. The average Bonchev–Trinajstić information content (AvgIpc) is 2.58. The van der Waals surface area contributed by atoms with Crippen molar-refractivity contribution < 1.29 is 0 Å². The van der Waals surface area contributed by atoms with Crippen LogP contribution in [-0.4, -0.2) is 15.0 Å². The van der Waals surface area contributed by atoms with E-state index >= 15 is 0 Å². The van der Waals surface area contributed by atoms with E-state index in [1.165, 1.54) is 76.1 Å². The SMILES string of the molecule is c1ccc(NC[Si](C2CCCCC2)C2CCCCC2)cc1. The average molecular weight is 301 g/mol. The maximum atomic E-state index is 3.78. The summed E-state index contributed by atoms with van der Waals surface area (Å²) in [4.78, 5) is 0. The predicted octanol–water partition coefficient (Wildman–Crippen LogP) is 5.80. The van der Waals surface area contributed by atoms with Gasteiger partial charge < -0.3 is 5.32 Å². The van der Waals surface area contributed by atoms with Crippen molar-refractivity contribution in [3.8, 4) is 0 Å². The Labute approximate surface area is 132 Å². The molecular weight excluding hydrogens is 270 g/mol. The Kier molecular flexibility index (Phi) is 5.79. The van der Waals surface area contributed by atoms with Crippen molar-refractivity contribution in [2.24, 2.45) is 0 Å². The van der Waals surface area contributed by atoms with Crippen molar-refractivity contribution in [1.82, 2.24) is 0 Å². The van der Waals surface area contributed by atoms with Crippen molar-refractivity contribution in [2.75, 3.05) is 11.5 Å². The molecule has 0 aromatic heterocycles. The molecule has 0 heterocycles. The van der Waals surface area contributed by atoms with Crippen LogP contribution in [-0.2, 0) is 0 Å². The molecule has 0 unspecified atom stereocenters. The van der Waals surface area contributed by atoms with Gasteiger partial charge in [-0.05, 0) is 23.2 Å². The second kappa shape index (κ2) is 8.02. The van der Waals surface area contributed by atoms with Crippen LogP contribution in [0, 0.1) is 0 Å². The quantitative estimate of drug-likeness (QED) is 0.677. The third-order valence-electron chi connectivity index (χ3n) is 5.53. The molecule has 115 valence electrons. The summed E-state index contributed by atoms with van der Waals surface area (Å²) < 4.78 is 0. The zero-order valence-electron chi connectivity index (χ0n) is 13.3. The summed E-state index contributed by atoms with van der Waals surface area (Å²) in [6.07, 6.45) is 16.4. The minimum absolute atomic E-state index is 0.255. The number of anilines is 1. The highest BCUT2D eigenvalue weighted by molar-refractivity contribution is 6.62. The van der Waals surface area contributed by atoms with Crippen LogP contribution in [0.5, 0.6) is 0 Å². The van der Waals surface area contributed by atoms with Gasteiger partial charge >= 0.3 is 0 Å². The Balaban J connectivity index is 1.62. The normalized spacial score (nSPS) is 21.6. The Morgan fingerprint density at radius 1 is 0.762 bits per heavy atom. The molecule has 2 saturated carbocycles. The highest BCUT2D eigenvalue weighted by Gasteiger charge is 2.32. The number of hydrogen-bond donors (Lipinski definition) is 1. The van der Waals surface area contributed by atoms with E-state index in [-0.39, 0.29) is 8.80 Å². The van der Waals surface area contributed by atoms with Gasteiger partial charge in [-0.15, -0.1) is 0 Å². The number of nitrogens with one attached hydrogen (secondary N) is 1. The summed E-state index contributed by atoms with van der Waals surface area (Å²) in [5, 5.41) is 3.78. The molecule has 0 amide bonds. The molecule has 3 rings (SSSR count). The lowest BCUT2D eigenvalue weighted by atomic mass is 9.99. The van der Waals surface area contributed by atoms with E-state index in [9.17, 15) is 0 Å². The molecule has 2 aliphatic carbocycles. The molecule has 21 heavy (non-hydrogen) atoms. The van der Waals surface area contributed by atoms with Gasteiger partial charge in [0, 0.05) is 11.9 Å². The molecule has 2 aliphatic rings. The van der Waals surface area contributed by atoms with Gasteiger partial charge in [0.2, 0.25) is 0 Å². The van der Waals surface area contributed by atoms with Gasteiger partial charge in [0.05, 0.1) is 8.80 Å². The van der Waals surface area contributed by atoms with Crippen molar-refractivity contribution in [3.63, 3.8) is 0 Å². The molecule has 1 nitrogen and oxygen atoms in total. The van der Waals surface area contributed by atoms with Crippen molar-refractivity contribution in [2.45, 2.75) is 75.3 Å². The van der Waals surface area contributed by atoms with Crippen LogP contribution in [0.15, 0.2) is 30.3 Å². The summed E-state index contributed by atoms with van der Waals surface area (Å²) in [5.41, 5.74) is 3.50. The lowest BCUT2D eigenvalue weighted by Gasteiger charge is -2.36. The largest absolute Gasteiger partial charge is 0.388 e. The fourth-order valence-corrected chi connectivity index (χ4v) is 8.28. The van der Waals surface area contributed by atoms with E-state index in [0.29, 0.717) is 0 Å². The van der Waals surface area contributed by atoms with Gasteiger partial charge in [0.15, 0.2) is 0 Å². The molecule has 2 fully saturated rings. The summed E-state index contributed by atoms with van der Waals surface area (Å²) in [6.45, 7) is 0. The Morgan fingerprint density at radius 2 is 1.29 bits per heavy atom. The van der Waals surface area contributed by atoms with Gasteiger partial charge in [-0.25, -0.2) is 0 Å². The van der Waals surface area contributed by atoms with Crippen LogP contribution in [0.3, 0.4) is 0 Å². The van der Waals surface area contributed by atoms with E-state index in [2.05, 4.69) is 35.6 Å². The lowest BCUT2D eigenvalue weighted by Crippen LogP contribution is -2.37. The molecule has 0 atom stereocenters. The third kappa shape index (κ3) is 4.35. The molecular formula is C19H30NSi. The summed E-state index contributed by atoms with van der Waals surface area (Å²) in [7, 11) is -0.255. The molecule has 0 saturated heterocycles. The Morgan fingerprint density at radius 3 is 1.81 bits per heavy atom. The fourth-order valence-electron chi connectivity index (χ4n) is 4.33. The second-order valence-electron chi connectivity index (χ2n) is 6.96. The first-order valence-corrected chi connectivity index (χ1v) is 10.9. The zero-order chi connectivity index (χ0) is 14.3. The first-order valence-electron chi connectivity index (χ1n) is 9.08. The monoisotopic (exact) mass is 300 g/mol. The Bertz CT molecular complexity index is 375. The van der Waals surface area contributed by atoms with Crippen molar-refractivity contribution in [3.05, 3.63) is 30.3 Å². The van der Waals surface area contributed by atoms with Gasteiger partial charge in [-0.2, -0.15) is 0 Å². The number of rotatable bonds is 5. The molecule has 1 N–H and O–H groups in total. The van der Waals surface area contributed by atoms with Crippen LogP contribution in [0.4, 0.5) is 5.69 Å². The minimum Gasteiger partial charge on any atom is -0.388 e. The third-order valence-corrected chi connectivity index (χ3v) is 9.37. The summed E-state index contributed by atoms with van der Waals surface area (Å²) >= 11 is 0. The molecule has 1 aromatic carbocycles. The van der Waals surface area contributed by atoms with Crippen LogP contribution in [0.1, 0.15) is 64.2 Å². The fraction of sp³-hybridized carbons (Fsp3) is 0.684. The van der Waals surface area contributed by atoms with Gasteiger partial charge in [-0.1, -0.05) is 82.4 Å². The zero-order valence-corrected chi connectivity index (χ0v) is 14.3. The lowest BCUT2D eigenvalue weighted by molar-refractivity contribution is 0.461. The molecule has 1 radical (unpaired) electrons. The van der Waals surface area contributed by atoms with E-state index in [1.807, 2.05) is 0 Å². The van der Waals surface area contributed by atoms with Crippen molar-refractivity contribution in [1.29, 1.82) is 0 Å². The Hall–Kier alpha value is -0.763. The maximum Gasteiger partial charge on any atom is 0.0782 e. The van der Waals surface area contributed by atoms with Crippen molar-refractivity contribution >= 4 is 14.5 Å².